The van der Waals surface area contributed by atoms with Crippen molar-refractivity contribution in [1.29, 1.82) is 0 Å². The molecule has 0 radical (unpaired) electrons. The van der Waals surface area contributed by atoms with Crippen molar-refractivity contribution in [2.75, 3.05) is 18.5 Å². The van der Waals surface area contributed by atoms with Crippen LogP contribution in [0.4, 0.5) is 14.6 Å². The van der Waals surface area contributed by atoms with Gasteiger partial charge in [-0.05, 0) is 20.8 Å². The number of aromatic nitrogens is 2. The summed E-state index contributed by atoms with van der Waals surface area (Å²) in [5, 5.41) is 3.28. The molecule has 0 spiro atoms. The van der Waals surface area contributed by atoms with Crippen molar-refractivity contribution in [3.63, 3.8) is 0 Å². The Hall–Kier alpha value is -1.30. The molecular weight excluding hydrogens is 238 g/mol. The number of hydrogen-bond donors (Lipinski definition) is 1. The van der Waals surface area contributed by atoms with Gasteiger partial charge in [-0.25, -0.2) is 13.8 Å². The lowest BCUT2D eigenvalue weighted by Crippen LogP contribution is -2.35. The lowest BCUT2D eigenvalue weighted by Gasteiger charge is -2.21. The summed E-state index contributed by atoms with van der Waals surface area (Å²) in [6, 6.07) is 0. The summed E-state index contributed by atoms with van der Waals surface area (Å²) in [5.74, 6) is 0.462. The van der Waals surface area contributed by atoms with Gasteiger partial charge < -0.3 is 10.2 Å². The smallest absolute Gasteiger partial charge is 0.255 e. The Morgan fingerprint density at radius 2 is 2.00 bits per heavy atom. The molecule has 1 aromatic rings. The molecule has 0 bridgehead atoms. The van der Waals surface area contributed by atoms with Crippen LogP contribution in [0.25, 0.3) is 0 Å². The van der Waals surface area contributed by atoms with Gasteiger partial charge in [0.1, 0.15) is 5.82 Å². The van der Waals surface area contributed by atoms with E-state index in [0.717, 1.165) is 5.69 Å². The third-order valence-electron chi connectivity index (χ3n) is 2.27. The zero-order chi connectivity index (χ0) is 13.8. The van der Waals surface area contributed by atoms with Gasteiger partial charge in [0, 0.05) is 25.3 Å². The highest BCUT2D eigenvalue weighted by atomic mass is 19.3. The van der Waals surface area contributed by atoms with Gasteiger partial charge in [0.05, 0.1) is 18.4 Å². The Morgan fingerprint density at radius 3 is 2.56 bits per heavy atom. The van der Waals surface area contributed by atoms with E-state index in [2.05, 4.69) is 15.3 Å². The van der Waals surface area contributed by atoms with E-state index in [1.165, 1.54) is 11.1 Å². The van der Waals surface area contributed by atoms with Crippen molar-refractivity contribution in [2.24, 2.45) is 0 Å². The van der Waals surface area contributed by atoms with Crippen LogP contribution >= 0.6 is 0 Å². The molecule has 1 heterocycles. The minimum absolute atomic E-state index is 0.0213. The fourth-order valence-corrected chi connectivity index (χ4v) is 1.32. The quantitative estimate of drug-likeness (QED) is 0.877. The summed E-state index contributed by atoms with van der Waals surface area (Å²) in [6.45, 7) is 6.37. The molecule has 0 atom stereocenters. The van der Waals surface area contributed by atoms with Crippen LogP contribution in [0.1, 0.15) is 26.5 Å². The topological polar surface area (TPSA) is 41.1 Å². The summed E-state index contributed by atoms with van der Waals surface area (Å²) >= 11 is 0. The number of halogens is 2. The summed E-state index contributed by atoms with van der Waals surface area (Å²) in [7, 11) is 1.58. The first kappa shape index (κ1) is 14.8. The van der Waals surface area contributed by atoms with E-state index < -0.39 is 6.43 Å². The highest BCUT2D eigenvalue weighted by Crippen LogP contribution is 2.10. The molecule has 0 amide bonds. The molecule has 0 saturated carbocycles. The highest BCUT2D eigenvalue weighted by Gasteiger charge is 2.12. The first-order valence-corrected chi connectivity index (χ1v) is 5.83. The third kappa shape index (κ3) is 5.35. The van der Waals surface area contributed by atoms with Crippen molar-refractivity contribution < 1.29 is 8.78 Å². The van der Waals surface area contributed by atoms with E-state index in [9.17, 15) is 8.78 Å². The van der Waals surface area contributed by atoms with E-state index >= 15 is 0 Å². The largest absolute Gasteiger partial charge is 0.353 e. The molecule has 1 N–H and O–H groups in total. The lowest BCUT2D eigenvalue weighted by atomic mass is 10.1. The van der Waals surface area contributed by atoms with Crippen molar-refractivity contribution >= 4 is 5.82 Å². The maximum Gasteiger partial charge on any atom is 0.255 e. The molecule has 0 saturated heterocycles. The second kappa shape index (κ2) is 6.04. The van der Waals surface area contributed by atoms with Crippen molar-refractivity contribution in [2.45, 2.75) is 39.3 Å². The molecule has 0 aliphatic rings. The van der Waals surface area contributed by atoms with Gasteiger partial charge in [-0.1, -0.05) is 0 Å². The molecule has 4 nitrogen and oxygen atoms in total. The average Bonchev–Trinajstić information content (AvgIpc) is 2.25. The zero-order valence-electron chi connectivity index (χ0n) is 11.2. The van der Waals surface area contributed by atoms with E-state index in [4.69, 9.17) is 0 Å². The summed E-state index contributed by atoms with van der Waals surface area (Å²) in [6.07, 6.45) is 0.745. The highest BCUT2D eigenvalue weighted by molar-refractivity contribution is 5.35. The number of anilines is 1. The van der Waals surface area contributed by atoms with Gasteiger partial charge in [0.25, 0.3) is 6.43 Å². The second-order valence-electron chi connectivity index (χ2n) is 5.24. The van der Waals surface area contributed by atoms with Crippen molar-refractivity contribution in [3.8, 4) is 0 Å². The van der Waals surface area contributed by atoms with Crippen molar-refractivity contribution in [3.05, 3.63) is 18.1 Å². The van der Waals surface area contributed by atoms with Crippen LogP contribution in [0.15, 0.2) is 12.4 Å². The number of hydrogen-bond acceptors (Lipinski definition) is 4. The Labute approximate surface area is 106 Å². The molecule has 1 rings (SSSR count). The Morgan fingerprint density at radius 1 is 1.33 bits per heavy atom. The Bertz CT molecular complexity index is 377. The first-order chi connectivity index (χ1) is 8.28. The van der Waals surface area contributed by atoms with Crippen LogP contribution in [0, 0.1) is 0 Å². The molecule has 102 valence electrons. The summed E-state index contributed by atoms with van der Waals surface area (Å²) in [5.41, 5.74) is 0.718. The fraction of sp³-hybridized carbons (Fsp3) is 0.667. The Kier molecular flexibility index (Phi) is 4.95. The molecule has 0 aromatic carbocycles. The van der Waals surface area contributed by atoms with E-state index in [1.807, 2.05) is 20.8 Å². The molecule has 0 unspecified atom stereocenters. The van der Waals surface area contributed by atoms with Crippen LogP contribution in [0.3, 0.4) is 0 Å². The van der Waals surface area contributed by atoms with E-state index in [-0.39, 0.29) is 12.1 Å². The Balaban J connectivity index is 2.67. The van der Waals surface area contributed by atoms with Gasteiger partial charge in [0.2, 0.25) is 0 Å². The number of rotatable bonds is 5. The standard InChI is InChI=1S/C12H20F2N4/c1-12(2,3)16-6-9-5-15-7-11(17-9)18(4)8-10(13)14/h5,7,10,16H,6,8H2,1-4H3. The molecule has 0 aliphatic heterocycles. The molecule has 18 heavy (non-hydrogen) atoms. The van der Waals surface area contributed by atoms with Crippen molar-refractivity contribution in [1.82, 2.24) is 15.3 Å². The number of nitrogens with one attached hydrogen (secondary N) is 1. The number of nitrogens with zero attached hydrogens (tertiary/aromatic N) is 3. The van der Waals surface area contributed by atoms with Gasteiger partial charge in [-0.15, -0.1) is 0 Å². The predicted octanol–water partition coefficient (Wildman–Crippen LogP) is 2.07. The van der Waals surface area contributed by atoms with E-state index in [1.54, 1.807) is 13.2 Å². The van der Waals surface area contributed by atoms with Gasteiger partial charge >= 0.3 is 0 Å². The maximum absolute atomic E-state index is 12.3. The monoisotopic (exact) mass is 258 g/mol. The minimum atomic E-state index is -2.38. The predicted molar refractivity (Wildman–Crippen MR) is 67.9 cm³/mol. The maximum atomic E-state index is 12.3. The zero-order valence-corrected chi connectivity index (χ0v) is 11.2. The van der Waals surface area contributed by atoms with E-state index in [0.29, 0.717) is 12.4 Å². The number of alkyl halides is 2. The SMILES string of the molecule is CN(CC(F)F)c1cncc(CNC(C)(C)C)n1. The summed E-state index contributed by atoms with van der Waals surface area (Å²) < 4.78 is 24.5. The normalized spacial score (nSPS) is 11.9. The minimum Gasteiger partial charge on any atom is -0.353 e. The molecule has 0 fully saturated rings. The summed E-state index contributed by atoms with van der Waals surface area (Å²) in [4.78, 5) is 9.72. The molecular formula is C12H20F2N4. The van der Waals surface area contributed by atoms with Crippen LogP contribution in [-0.2, 0) is 6.54 Å². The molecule has 1 aromatic heterocycles. The van der Waals surface area contributed by atoms with Crippen LogP contribution in [0.5, 0.6) is 0 Å². The van der Waals surface area contributed by atoms with Gasteiger partial charge in [0.15, 0.2) is 0 Å². The third-order valence-corrected chi connectivity index (χ3v) is 2.27. The van der Waals surface area contributed by atoms with Crippen LogP contribution in [-0.4, -0.2) is 35.5 Å². The lowest BCUT2D eigenvalue weighted by molar-refractivity contribution is 0.156. The molecule has 0 aliphatic carbocycles. The van der Waals surface area contributed by atoms with Crippen LogP contribution in [0.2, 0.25) is 0 Å². The fourth-order valence-electron chi connectivity index (χ4n) is 1.32. The first-order valence-electron chi connectivity index (χ1n) is 5.83. The second-order valence-corrected chi connectivity index (χ2v) is 5.24. The van der Waals surface area contributed by atoms with Gasteiger partial charge in [-0.2, -0.15) is 0 Å². The average molecular weight is 258 g/mol. The van der Waals surface area contributed by atoms with Crippen LogP contribution < -0.4 is 10.2 Å². The van der Waals surface area contributed by atoms with Gasteiger partial charge in [-0.3, -0.25) is 4.98 Å². The molecule has 6 heteroatoms.